The molecule has 0 saturated carbocycles. The van der Waals surface area contributed by atoms with E-state index in [1.54, 1.807) is 0 Å². The van der Waals surface area contributed by atoms with E-state index in [-0.39, 0.29) is 11.9 Å². The third-order valence-corrected chi connectivity index (χ3v) is 3.53. The van der Waals surface area contributed by atoms with Gasteiger partial charge in [-0.2, -0.15) is 0 Å². The molecule has 100 valence electrons. The smallest absolute Gasteiger partial charge is 0.253 e. The van der Waals surface area contributed by atoms with Crippen molar-refractivity contribution in [3.05, 3.63) is 35.4 Å². The Labute approximate surface area is 110 Å². The van der Waals surface area contributed by atoms with E-state index in [4.69, 9.17) is 5.73 Å². The summed E-state index contributed by atoms with van der Waals surface area (Å²) in [6.45, 7) is 6.96. The van der Waals surface area contributed by atoms with Crippen LogP contribution in [-0.2, 0) is 6.42 Å². The first-order chi connectivity index (χ1) is 8.47. The quantitative estimate of drug-likeness (QED) is 0.869. The Morgan fingerprint density at radius 2 is 1.78 bits per heavy atom. The van der Waals surface area contributed by atoms with Gasteiger partial charge in [0.1, 0.15) is 0 Å². The van der Waals surface area contributed by atoms with Crippen molar-refractivity contribution < 1.29 is 4.79 Å². The molecule has 1 atom stereocenters. The molecular weight excluding hydrogens is 224 g/mol. The maximum Gasteiger partial charge on any atom is 0.253 e. The Kier molecular flexibility index (Phi) is 5.35. The van der Waals surface area contributed by atoms with Gasteiger partial charge in [0.05, 0.1) is 0 Å². The van der Waals surface area contributed by atoms with E-state index < -0.39 is 0 Å². The van der Waals surface area contributed by atoms with Gasteiger partial charge in [-0.1, -0.05) is 26.0 Å². The van der Waals surface area contributed by atoms with E-state index in [0.29, 0.717) is 12.5 Å². The maximum absolute atomic E-state index is 12.3. The average Bonchev–Trinajstić information content (AvgIpc) is 2.37. The molecule has 2 N–H and O–H groups in total. The summed E-state index contributed by atoms with van der Waals surface area (Å²) < 4.78 is 0. The fourth-order valence-corrected chi connectivity index (χ4v) is 1.82. The summed E-state index contributed by atoms with van der Waals surface area (Å²) in [7, 11) is 1.86. The van der Waals surface area contributed by atoms with E-state index in [9.17, 15) is 4.79 Å². The lowest BCUT2D eigenvalue weighted by Crippen LogP contribution is -2.38. The lowest BCUT2D eigenvalue weighted by Gasteiger charge is -2.28. The Morgan fingerprint density at radius 1 is 1.22 bits per heavy atom. The molecule has 0 saturated heterocycles. The molecule has 0 aliphatic heterocycles. The Balaban J connectivity index is 2.77. The second-order valence-electron chi connectivity index (χ2n) is 5.14. The second kappa shape index (κ2) is 6.55. The molecule has 1 aromatic rings. The molecule has 18 heavy (non-hydrogen) atoms. The second-order valence-corrected chi connectivity index (χ2v) is 5.14. The van der Waals surface area contributed by atoms with Gasteiger partial charge in [0, 0.05) is 18.7 Å². The number of nitrogens with two attached hydrogens (primary N) is 1. The molecule has 1 amide bonds. The van der Waals surface area contributed by atoms with E-state index in [1.807, 2.05) is 36.2 Å². The predicted molar refractivity (Wildman–Crippen MR) is 75.6 cm³/mol. The molecule has 0 radical (unpaired) electrons. The minimum absolute atomic E-state index is 0.0792. The number of hydrogen-bond acceptors (Lipinski definition) is 2. The first-order valence-corrected chi connectivity index (χ1v) is 6.53. The molecule has 0 heterocycles. The van der Waals surface area contributed by atoms with Crippen LogP contribution in [0.25, 0.3) is 0 Å². The number of benzene rings is 1. The molecule has 0 aliphatic carbocycles. The highest BCUT2D eigenvalue weighted by Crippen LogP contribution is 2.13. The first kappa shape index (κ1) is 14.7. The summed E-state index contributed by atoms with van der Waals surface area (Å²) in [5, 5.41) is 0. The molecule has 1 rings (SSSR count). The molecule has 0 aromatic heterocycles. The Morgan fingerprint density at radius 3 is 2.22 bits per heavy atom. The monoisotopic (exact) mass is 248 g/mol. The highest BCUT2D eigenvalue weighted by Gasteiger charge is 2.19. The van der Waals surface area contributed by atoms with E-state index in [2.05, 4.69) is 20.8 Å². The normalized spacial score (nSPS) is 12.6. The van der Waals surface area contributed by atoms with Crippen LogP contribution in [0.2, 0.25) is 0 Å². The van der Waals surface area contributed by atoms with Gasteiger partial charge in [-0.05, 0) is 43.5 Å². The molecule has 0 bridgehead atoms. The van der Waals surface area contributed by atoms with Crippen molar-refractivity contribution in [2.24, 2.45) is 11.7 Å². The fourth-order valence-electron chi connectivity index (χ4n) is 1.82. The number of carbonyl (C=O) groups is 1. The molecular formula is C15H24N2O. The van der Waals surface area contributed by atoms with Gasteiger partial charge in [0.15, 0.2) is 0 Å². The molecule has 0 aliphatic rings. The maximum atomic E-state index is 12.3. The van der Waals surface area contributed by atoms with Crippen LogP contribution in [0, 0.1) is 5.92 Å². The Bertz CT molecular complexity index is 384. The number of carbonyl (C=O) groups excluding carboxylic acids is 1. The topological polar surface area (TPSA) is 46.3 Å². The van der Waals surface area contributed by atoms with Crippen molar-refractivity contribution in [3.8, 4) is 0 Å². The van der Waals surface area contributed by atoms with Crippen LogP contribution in [0.1, 0.15) is 36.7 Å². The molecule has 3 heteroatoms. The van der Waals surface area contributed by atoms with Gasteiger partial charge in [-0.3, -0.25) is 4.79 Å². The summed E-state index contributed by atoms with van der Waals surface area (Å²) in [6.07, 6.45) is 0.854. The van der Waals surface area contributed by atoms with Crippen LogP contribution in [0.3, 0.4) is 0 Å². The third kappa shape index (κ3) is 3.57. The van der Waals surface area contributed by atoms with Crippen LogP contribution >= 0.6 is 0 Å². The van der Waals surface area contributed by atoms with Gasteiger partial charge in [0.2, 0.25) is 0 Å². The van der Waals surface area contributed by atoms with Crippen LogP contribution < -0.4 is 5.73 Å². The van der Waals surface area contributed by atoms with Crippen LogP contribution in [-0.4, -0.2) is 30.4 Å². The van der Waals surface area contributed by atoms with Gasteiger partial charge in [-0.25, -0.2) is 0 Å². The fraction of sp³-hybridized carbons (Fsp3) is 0.533. The van der Waals surface area contributed by atoms with Crippen molar-refractivity contribution in [3.63, 3.8) is 0 Å². The average molecular weight is 248 g/mol. The van der Waals surface area contributed by atoms with Crippen molar-refractivity contribution in [2.75, 3.05) is 13.6 Å². The predicted octanol–water partition coefficient (Wildman–Crippen LogP) is 2.30. The van der Waals surface area contributed by atoms with Crippen LogP contribution in [0.4, 0.5) is 0 Å². The largest absolute Gasteiger partial charge is 0.339 e. The minimum Gasteiger partial charge on any atom is -0.339 e. The lowest BCUT2D eigenvalue weighted by atomic mass is 10.0. The molecule has 0 fully saturated rings. The molecule has 3 nitrogen and oxygen atoms in total. The van der Waals surface area contributed by atoms with Gasteiger partial charge in [-0.15, -0.1) is 0 Å². The first-order valence-electron chi connectivity index (χ1n) is 6.53. The summed E-state index contributed by atoms with van der Waals surface area (Å²) in [4.78, 5) is 14.1. The van der Waals surface area contributed by atoms with E-state index in [1.165, 1.54) is 5.56 Å². The van der Waals surface area contributed by atoms with Crippen LogP contribution in [0.5, 0.6) is 0 Å². The zero-order valence-electron chi connectivity index (χ0n) is 11.8. The number of rotatable bonds is 5. The summed E-state index contributed by atoms with van der Waals surface area (Å²) in [6, 6.07) is 7.97. The van der Waals surface area contributed by atoms with E-state index in [0.717, 1.165) is 12.0 Å². The highest BCUT2D eigenvalue weighted by molar-refractivity contribution is 5.94. The van der Waals surface area contributed by atoms with E-state index >= 15 is 0 Å². The summed E-state index contributed by atoms with van der Waals surface area (Å²) in [5.41, 5.74) is 7.42. The number of amides is 1. The number of hydrogen-bond donors (Lipinski definition) is 1. The van der Waals surface area contributed by atoms with Crippen LogP contribution in [0.15, 0.2) is 24.3 Å². The summed E-state index contributed by atoms with van der Waals surface area (Å²) >= 11 is 0. The van der Waals surface area contributed by atoms with Crippen molar-refractivity contribution in [1.82, 2.24) is 4.90 Å². The van der Waals surface area contributed by atoms with Crippen molar-refractivity contribution >= 4 is 5.91 Å². The molecule has 1 aromatic carbocycles. The third-order valence-electron chi connectivity index (χ3n) is 3.53. The highest BCUT2D eigenvalue weighted by atomic mass is 16.2. The van der Waals surface area contributed by atoms with Gasteiger partial charge in [0.25, 0.3) is 5.91 Å². The Hall–Kier alpha value is -1.35. The summed E-state index contributed by atoms with van der Waals surface area (Å²) in [5.74, 6) is 0.533. The van der Waals surface area contributed by atoms with Gasteiger partial charge < -0.3 is 10.6 Å². The van der Waals surface area contributed by atoms with Crippen molar-refractivity contribution in [1.29, 1.82) is 0 Å². The van der Waals surface area contributed by atoms with Gasteiger partial charge >= 0.3 is 0 Å². The molecule has 0 spiro atoms. The van der Waals surface area contributed by atoms with Crippen molar-refractivity contribution in [2.45, 2.75) is 33.2 Å². The minimum atomic E-state index is 0.0792. The SMILES string of the molecule is CC(C)C(C)N(C)C(=O)c1ccc(CCN)cc1. The lowest BCUT2D eigenvalue weighted by molar-refractivity contribution is 0.0707. The molecule has 1 unspecified atom stereocenters. The number of nitrogens with zero attached hydrogens (tertiary/aromatic N) is 1. The standard InChI is InChI=1S/C15H24N2O/c1-11(2)12(3)17(4)15(18)14-7-5-13(6-8-14)9-10-16/h5-8,11-12H,9-10,16H2,1-4H3. The zero-order valence-corrected chi connectivity index (χ0v) is 11.8. The zero-order chi connectivity index (χ0) is 13.7.